The van der Waals surface area contributed by atoms with Crippen molar-refractivity contribution in [1.82, 2.24) is 4.57 Å². The van der Waals surface area contributed by atoms with E-state index in [2.05, 4.69) is 10.3 Å². The summed E-state index contributed by atoms with van der Waals surface area (Å²) in [5.74, 6) is -0.665. The molecular formula is C21H16ClN3O3S. The number of fused-ring (bicyclic) bond motifs is 1. The first-order valence-electron chi connectivity index (χ1n) is 8.77. The lowest BCUT2D eigenvalue weighted by Gasteiger charge is -2.06. The van der Waals surface area contributed by atoms with E-state index in [9.17, 15) is 14.7 Å². The Morgan fingerprint density at radius 3 is 2.72 bits per heavy atom. The molecule has 8 heteroatoms. The van der Waals surface area contributed by atoms with E-state index in [0.29, 0.717) is 15.6 Å². The number of anilines is 1. The zero-order valence-electron chi connectivity index (χ0n) is 15.3. The molecule has 0 saturated heterocycles. The Labute approximate surface area is 175 Å². The summed E-state index contributed by atoms with van der Waals surface area (Å²) in [6.07, 6.45) is 1.74. The molecule has 2 N–H and O–H groups in total. The molecule has 29 heavy (non-hydrogen) atoms. The molecule has 0 atom stereocenters. The highest BCUT2D eigenvalue weighted by Gasteiger charge is 2.20. The zero-order chi connectivity index (χ0) is 20.5. The Hall–Kier alpha value is -3.16. The van der Waals surface area contributed by atoms with Crippen LogP contribution in [-0.2, 0) is 11.3 Å². The van der Waals surface area contributed by atoms with Crippen molar-refractivity contribution < 1.29 is 9.90 Å². The van der Waals surface area contributed by atoms with Gasteiger partial charge in [0, 0.05) is 27.6 Å². The standard InChI is InChI=1S/C21H16ClN3O3S/c1-12-16(15-4-2-3-5-17(15)23-12)10-18-20(27)25(21(28)29-18)11-19(26)24-14-8-6-13(22)7-9-14/h2-10,27H,11H2,1H3,(H,24,26). The average molecular weight is 426 g/mol. The van der Waals surface area contributed by atoms with Gasteiger partial charge in [0.15, 0.2) is 0 Å². The highest BCUT2D eigenvalue weighted by Crippen LogP contribution is 2.37. The minimum Gasteiger partial charge on any atom is -0.493 e. The van der Waals surface area contributed by atoms with Crippen LogP contribution in [-0.4, -0.2) is 21.3 Å². The minimum atomic E-state index is -0.425. The van der Waals surface area contributed by atoms with Crippen molar-refractivity contribution in [3.05, 3.63) is 73.7 Å². The summed E-state index contributed by atoms with van der Waals surface area (Å²) in [4.78, 5) is 29.1. The van der Waals surface area contributed by atoms with Crippen LogP contribution < -0.4 is 10.2 Å². The molecule has 0 radical (unpaired) electrons. The number of halogens is 1. The first-order valence-corrected chi connectivity index (χ1v) is 9.96. The summed E-state index contributed by atoms with van der Waals surface area (Å²) in [5.41, 5.74) is 3.99. The number of thiazole rings is 1. The van der Waals surface area contributed by atoms with Gasteiger partial charge < -0.3 is 10.4 Å². The number of amides is 1. The fourth-order valence-electron chi connectivity index (χ4n) is 3.07. The van der Waals surface area contributed by atoms with Gasteiger partial charge in [-0.05, 0) is 43.3 Å². The second kappa shape index (κ2) is 7.69. The lowest BCUT2D eigenvalue weighted by atomic mass is 10.0. The summed E-state index contributed by atoms with van der Waals surface area (Å²) < 4.78 is 1.05. The first-order chi connectivity index (χ1) is 13.9. The number of aromatic nitrogens is 1. The second-order valence-electron chi connectivity index (χ2n) is 6.47. The quantitative estimate of drug-likeness (QED) is 0.643. The molecule has 0 unspecified atom stereocenters. The molecule has 1 aliphatic rings. The fourth-order valence-corrected chi connectivity index (χ4v) is 4.03. The molecule has 3 aromatic rings. The molecular weight excluding hydrogens is 410 g/mol. The fraction of sp³-hybridized carbons (Fsp3) is 0.0952. The molecule has 0 fully saturated rings. The average Bonchev–Trinajstić information content (AvgIpc) is 3.15. The van der Waals surface area contributed by atoms with E-state index in [1.54, 1.807) is 30.3 Å². The van der Waals surface area contributed by atoms with E-state index in [4.69, 9.17) is 11.6 Å². The largest absolute Gasteiger partial charge is 0.493 e. The van der Waals surface area contributed by atoms with Crippen LogP contribution in [0.15, 0.2) is 58.3 Å². The van der Waals surface area contributed by atoms with Crippen molar-refractivity contribution >= 4 is 57.6 Å². The van der Waals surface area contributed by atoms with Gasteiger partial charge in [-0.1, -0.05) is 41.1 Å². The Balaban J connectivity index is 1.59. The molecule has 6 nitrogen and oxygen atoms in total. The Bertz CT molecular complexity index is 1220. The number of nitrogens with zero attached hydrogens (tertiary/aromatic N) is 2. The Morgan fingerprint density at radius 1 is 1.24 bits per heavy atom. The van der Waals surface area contributed by atoms with Gasteiger partial charge in [-0.3, -0.25) is 19.1 Å². The van der Waals surface area contributed by atoms with Gasteiger partial charge in [-0.25, -0.2) is 0 Å². The number of carbonyl (C=O) groups is 1. The van der Waals surface area contributed by atoms with E-state index >= 15 is 0 Å². The third-order valence-corrected chi connectivity index (χ3v) is 5.64. The summed E-state index contributed by atoms with van der Waals surface area (Å²) in [6.45, 7) is 1.58. The molecule has 0 spiro atoms. The number of carbonyl (C=O) groups excluding carboxylic acids is 1. The molecule has 0 saturated carbocycles. The molecule has 0 bridgehead atoms. The molecule has 2 aromatic carbocycles. The molecule has 2 heterocycles. The molecule has 1 amide bonds. The van der Waals surface area contributed by atoms with Crippen molar-refractivity contribution in [1.29, 1.82) is 0 Å². The van der Waals surface area contributed by atoms with Gasteiger partial charge in [-0.15, -0.1) is 0 Å². The summed E-state index contributed by atoms with van der Waals surface area (Å²) >= 11 is 6.71. The van der Waals surface area contributed by atoms with Crippen LogP contribution in [0.25, 0.3) is 11.6 Å². The van der Waals surface area contributed by atoms with Crippen LogP contribution in [0.2, 0.25) is 5.02 Å². The van der Waals surface area contributed by atoms with Crippen LogP contribution in [0.3, 0.4) is 0 Å². The smallest absolute Gasteiger partial charge is 0.311 e. The third kappa shape index (κ3) is 3.87. The highest BCUT2D eigenvalue weighted by atomic mass is 35.5. The van der Waals surface area contributed by atoms with Crippen LogP contribution in [0.5, 0.6) is 5.88 Å². The van der Waals surface area contributed by atoms with E-state index in [0.717, 1.165) is 38.4 Å². The summed E-state index contributed by atoms with van der Waals surface area (Å²) in [7, 11) is 0. The number of aliphatic imine (C=N–C) groups is 1. The molecule has 0 aliphatic carbocycles. The second-order valence-corrected chi connectivity index (χ2v) is 7.90. The van der Waals surface area contributed by atoms with Crippen molar-refractivity contribution in [2.24, 2.45) is 4.99 Å². The first kappa shape index (κ1) is 19.2. The van der Waals surface area contributed by atoms with Crippen molar-refractivity contribution in [2.75, 3.05) is 5.32 Å². The number of hydrogen-bond acceptors (Lipinski definition) is 5. The van der Waals surface area contributed by atoms with Gasteiger partial charge in [0.1, 0.15) is 6.54 Å². The maximum atomic E-state index is 12.4. The van der Waals surface area contributed by atoms with Crippen LogP contribution in [0.4, 0.5) is 11.4 Å². The maximum absolute atomic E-state index is 12.4. The Kier molecular flexibility index (Phi) is 5.08. The Morgan fingerprint density at radius 2 is 1.97 bits per heavy atom. The lowest BCUT2D eigenvalue weighted by Crippen LogP contribution is -2.24. The van der Waals surface area contributed by atoms with Crippen molar-refractivity contribution in [3.63, 3.8) is 0 Å². The van der Waals surface area contributed by atoms with Crippen LogP contribution >= 0.6 is 22.9 Å². The number of allylic oxidation sites excluding steroid dienone is 1. The number of rotatable bonds is 4. The highest BCUT2D eigenvalue weighted by molar-refractivity contribution is 7.10. The number of para-hydroxylation sites is 1. The van der Waals surface area contributed by atoms with Crippen molar-refractivity contribution in [2.45, 2.75) is 13.5 Å². The van der Waals surface area contributed by atoms with E-state index in [1.165, 1.54) is 0 Å². The summed E-state index contributed by atoms with van der Waals surface area (Å²) in [6, 6.07) is 14.3. The van der Waals surface area contributed by atoms with Gasteiger partial charge >= 0.3 is 4.87 Å². The van der Waals surface area contributed by atoms with E-state index in [1.807, 2.05) is 31.2 Å². The monoisotopic (exact) mass is 425 g/mol. The normalized spacial score (nSPS) is 14.0. The lowest BCUT2D eigenvalue weighted by molar-refractivity contribution is -0.116. The van der Waals surface area contributed by atoms with Crippen molar-refractivity contribution in [3.8, 4) is 5.88 Å². The van der Waals surface area contributed by atoms with Gasteiger partial charge in [0.25, 0.3) is 0 Å². The van der Waals surface area contributed by atoms with Crippen LogP contribution in [0, 0.1) is 0 Å². The molecule has 146 valence electrons. The number of benzene rings is 2. The number of aromatic hydroxyl groups is 1. The minimum absolute atomic E-state index is 0.240. The van der Waals surface area contributed by atoms with Crippen LogP contribution in [0.1, 0.15) is 17.4 Å². The number of nitrogens with one attached hydrogen (secondary N) is 1. The number of hydrogen-bond donors (Lipinski definition) is 2. The third-order valence-electron chi connectivity index (χ3n) is 4.47. The topological polar surface area (TPSA) is 83.7 Å². The summed E-state index contributed by atoms with van der Waals surface area (Å²) in [5, 5.41) is 13.8. The van der Waals surface area contributed by atoms with Gasteiger partial charge in [0.2, 0.25) is 11.8 Å². The molecule has 4 rings (SSSR count). The molecule has 1 aromatic heterocycles. The van der Waals surface area contributed by atoms with Gasteiger partial charge in [0.05, 0.1) is 10.6 Å². The predicted molar refractivity (Wildman–Crippen MR) is 117 cm³/mol. The molecule has 1 aliphatic heterocycles. The van der Waals surface area contributed by atoms with Gasteiger partial charge in [-0.2, -0.15) is 0 Å². The maximum Gasteiger partial charge on any atom is 0.311 e. The zero-order valence-corrected chi connectivity index (χ0v) is 16.9. The SMILES string of the molecule is CC1=Nc2ccccc2C1=Cc1sc(=O)n(CC(=O)Nc2ccc(Cl)cc2)c1O. The van der Waals surface area contributed by atoms with E-state index in [-0.39, 0.29) is 12.4 Å². The van der Waals surface area contributed by atoms with E-state index < -0.39 is 10.8 Å². The predicted octanol–water partition coefficient (Wildman–Crippen LogP) is 4.55.